The van der Waals surface area contributed by atoms with Gasteiger partial charge in [0.1, 0.15) is 4.90 Å². The van der Waals surface area contributed by atoms with E-state index in [2.05, 4.69) is 10.1 Å². The third-order valence-corrected chi connectivity index (χ3v) is 4.44. The number of nitrogens with zero attached hydrogens (tertiary/aromatic N) is 1. The summed E-state index contributed by atoms with van der Waals surface area (Å²) in [5.41, 5.74) is 0.740. The molecule has 0 aromatic heterocycles. The number of ether oxygens (including phenoxy) is 1. The van der Waals surface area contributed by atoms with Crippen LogP contribution >= 0.6 is 0 Å². The molecule has 92 valence electrons. The highest BCUT2D eigenvalue weighted by Crippen LogP contribution is 2.29. The van der Waals surface area contributed by atoms with Crippen LogP contribution in [0.4, 0.5) is 5.69 Å². The molecule has 0 atom stereocenters. The number of benzene rings is 1. The summed E-state index contributed by atoms with van der Waals surface area (Å²) >= 11 is 0. The first kappa shape index (κ1) is 11.9. The molecular weight excluding hydrogens is 244 g/mol. The predicted octanol–water partition coefficient (Wildman–Crippen LogP) is 0.477. The van der Waals surface area contributed by atoms with Gasteiger partial charge in [0.25, 0.3) is 0 Å². The zero-order chi connectivity index (χ0) is 12.6. The zero-order valence-corrected chi connectivity index (χ0v) is 10.2. The molecule has 7 heteroatoms. The number of hydrogen-bond acceptors (Lipinski definition) is 5. The van der Waals surface area contributed by atoms with Crippen molar-refractivity contribution in [3.8, 4) is 0 Å². The van der Waals surface area contributed by atoms with Crippen molar-refractivity contribution in [1.29, 1.82) is 0 Å². The van der Waals surface area contributed by atoms with E-state index in [4.69, 9.17) is 0 Å². The van der Waals surface area contributed by atoms with Gasteiger partial charge in [-0.1, -0.05) is 0 Å². The van der Waals surface area contributed by atoms with Crippen LogP contribution in [0.25, 0.3) is 0 Å². The normalized spacial score (nSPS) is 18.0. The summed E-state index contributed by atoms with van der Waals surface area (Å²) in [6, 6.07) is 4.31. The summed E-state index contributed by atoms with van der Waals surface area (Å²) in [5, 5.41) is 2.93. The maximum Gasteiger partial charge on any atom is 0.337 e. The summed E-state index contributed by atoms with van der Waals surface area (Å²) in [5.74, 6) is -0.495. The highest BCUT2D eigenvalue weighted by Gasteiger charge is 2.28. The third kappa shape index (κ3) is 1.87. The zero-order valence-electron chi connectivity index (χ0n) is 9.43. The Morgan fingerprint density at radius 2 is 2.18 bits per heavy atom. The maximum atomic E-state index is 11.9. The number of carbonyl (C=O) groups excluding carboxylic acids is 1. The molecule has 1 heterocycles. The summed E-state index contributed by atoms with van der Waals surface area (Å²) < 4.78 is 29.6. The van der Waals surface area contributed by atoms with Gasteiger partial charge in [0, 0.05) is 7.05 Å². The predicted molar refractivity (Wildman–Crippen MR) is 61.2 cm³/mol. The first-order chi connectivity index (χ1) is 7.96. The average molecular weight is 256 g/mol. The van der Waals surface area contributed by atoms with Crippen molar-refractivity contribution in [2.45, 2.75) is 4.90 Å². The lowest BCUT2D eigenvalue weighted by Crippen LogP contribution is -2.36. The molecule has 1 aliphatic rings. The molecule has 1 N–H and O–H groups in total. The Bertz CT molecular complexity index is 568. The summed E-state index contributed by atoms with van der Waals surface area (Å²) in [6.45, 7) is 0.181. The van der Waals surface area contributed by atoms with E-state index < -0.39 is 16.0 Å². The Balaban J connectivity index is 2.53. The van der Waals surface area contributed by atoms with Crippen molar-refractivity contribution >= 4 is 21.7 Å². The SMILES string of the molecule is COC(=O)c1ccc2c(c1)NCN(C)S2(=O)=O. The lowest BCUT2D eigenvalue weighted by atomic mass is 10.2. The van der Waals surface area contributed by atoms with Crippen LogP contribution in [-0.4, -0.2) is 39.5 Å². The van der Waals surface area contributed by atoms with Crippen LogP contribution in [0.5, 0.6) is 0 Å². The smallest absolute Gasteiger partial charge is 0.337 e. The van der Waals surface area contributed by atoms with Gasteiger partial charge in [0.15, 0.2) is 0 Å². The molecule has 0 spiro atoms. The minimum Gasteiger partial charge on any atom is -0.465 e. The van der Waals surface area contributed by atoms with Gasteiger partial charge in [-0.15, -0.1) is 0 Å². The Hall–Kier alpha value is -1.60. The van der Waals surface area contributed by atoms with Crippen LogP contribution in [0.15, 0.2) is 23.1 Å². The number of fused-ring (bicyclic) bond motifs is 1. The first-order valence-electron chi connectivity index (χ1n) is 4.89. The van der Waals surface area contributed by atoms with E-state index in [1.165, 1.54) is 36.7 Å². The standard InChI is InChI=1S/C10H12N2O4S/c1-12-6-11-8-5-7(10(13)16-2)3-4-9(8)17(12,14)15/h3-5,11H,6H2,1-2H3. The number of carbonyl (C=O) groups is 1. The molecule has 0 unspecified atom stereocenters. The van der Waals surface area contributed by atoms with E-state index in [0.29, 0.717) is 11.3 Å². The number of hydrogen-bond donors (Lipinski definition) is 1. The van der Waals surface area contributed by atoms with Gasteiger partial charge in [-0.2, -0.15) is 4.31 Å². The lowest BCUT2D eigenvalue weighted by Gasteiger charge is -2.26. The van der Waals surface area contributed by atoms with Crippen molar-refractivity contribution in [2.24, 2.45) is 0 Å². The highest BCUT2D eigenvalue weighted by atomic mass is 32.2. The van der Waals surface area contributed by atoms with E-state index >= 15 is 0 Å². The van der Waals surface area contributed by atoms with Crippen molar-refractivity contribution in [3.05, 3.63) is 23.8 Å². The molecule has 0 radical (unpaired) electrons. The molecule has 0 amide bonds. The van der Waals surface area contributed by atoms with Gasteiger partial charge in [0.2, 0.25) is 10.0 Å². The van der Waals surface area contributed by atoms with Crippen LogP contribution in [0.2, 0.25) is 0 Å². The molecule has 1 aromatic rings. The van der Waals surface area contributed by atoms with E-state index in [1.54, 1.807) is 0 Å². The minimum absolute atomic E-state index is 0.166. The molecule has 0 fully saturated rings. The number of methoxy groups -OCH3 is 1. The maximum absolute atomic E-state index is 11.9. The molecule has 0 bridgehead atoms. The molecule has 1 aromatic carbocycles. The van der Waals surface area contributed by atoms with Crippen LogP contribution in [0.3, 0.4) is 0 Å². The van der Waals surface area contributed by atoms with Gasteiger partial charge < -0.3 is 10.1 Å². The Labute approximate surface area is 99.2 Å². The van der Waals surface area contributed by atoms with Crippen molar-refractivity contribution in [1.82, 2.24) is 4.31 Å². The molecule has 0 aliphatic carbocycles. The van der Waals surface area contributed by atoms with E-state index in [9.17, 15) is 13.2 Å². The van der Waals surface area contributed by atoms with Crippen molar-refractivity contribution in [3.63, 3.8) is 0 Å². The second kappa shape index (κ2) is 4.01. The number of sulfonamides is 1. The quantitative estimate of drug-likeness (QED) is 0.739. The molecular formula is C10H12N2O4S. The minimum atomic E-state index is -3.45. The van der Waals surface area contributed by atoms with Crippen LogP contribution in [0.1, 0.15) is 10.4 Å². The Kier molecular flexibility index (Phi) is 2.80. The fourth-order valence-corrected chi connectivity index (χ4v) is 2.81. The highest BCUT2D eigenvalue weighted by molar-refractivity contribution is 7.89. The second-order valence-corrected chi connectivity index (χ2v) is 5.65. The molecule has 0 saturated heterocycles. The largest absolute Gasteiger partial charge is 0.465 e. The third-order valence-electron chi connectivity index (χ3n) is 2.58. The number of anilines is 1. The molecule has 2 rings (SSSR count). The van der Waals surface area contributed by atoms with Crippen LogP contribution < -0.4 is 5.32 Å². The van der Waals surface area contributed by atoms with Gasteiger partial charge in [-0.25, -0.2) is 13.2 Å². The number of nitrogens with one attached hydrogen (secondary N) is 1. The van der Waals surface area contributed by atoms with Crippen LogP contribution in [-0.2, 0) is 14.8 Å². The van der Waals surface area contributed by atoms with Gasteiger partial charge in [-0.3, -0.25) is 0 Å². The second-order valence-electron chi connectivity index (χ2n) is 3.64. The summed E-state index contributed by atoms with van der Waals surface area (Å²) in [4.78, 5) is 11.5. The van der Waals surface area contributed by atoms with Crippen LogP contribution in [0, 0.1) is 0 Å². The lowest BCUT2D eigenvalue weighted by molar-refractivity contribution is 0.0600. The molecule has 1 aliphatic heterocycles. The Morgan fingerprint density at radius 1 is 1.47 bits per heavy atom. The first-order valence-corrected chi connectivity index (χ1v) is 6.33. The number of rotatable bonds is 1. The van der Waals surface area contributed by atoms with Gasteiger partial charge in [0.05, 0.1) is 25.0 Å². The van der Waals surface area contributed by atoms with Gasteiger partial charge >= 0.3 is 5.97 Å². The monoisotopic (exact) mass is 256 g/mol. The van der Waals surface area contributed by atoms with Gasteiger partial charge in [-0.05, 0) is 18.2 Å². The van der Waals surface area contributed by atoms with Crippen molar-refractivity contribution < 1.29 is 17.9 Å². The molecule has 0 saturated carbocycles. The summed E-state index contributed by atoms with van der Waals surface area (Å²) in [7, 11) is -0.688. The topological polar surface area (TPSA) is 75.7 Å². The summed E-state index contributed by atoms with van der Waals surface area (Å²) in [6.07, 6.45) is 0. The van der Waals surface area contributed by atoms with Crippen molar-refractivity contribution in [2.75, 3.05) is 26.1 Å². The van der Waals surface area contributed by atoms with E-state index in [1.807, 2.05) is 0 Å². The fourth-order valence-electron chi connectivity index (χ4n) is 1.59. The van der Waals surface area contributed by atoms with E-state index in [0.717, 1.165) is 0 Å². The molecule has 17 heavy (non-hydrogen) atoms. The number of esters is 1. The molecule has 6 nitrogen and oxygen atoms in total. The average Bonchev–Trinajstić information content (AvgIpc) is 2.33. The van der Waals surface area contributed by atoms with E-state index in [-0.39, 0.29) is 11.6 Å². The fraction of sp³-hybridized carbons (Fsp3) is 0.300. The Morgan fingerprint density at radius 3 is 2.82 bits per heavy atom.